The highest BCUT2D eigenvalue weighted by molar-refractivity contribution is 6.39. The van der Waals surface area contributed by atoms with Crippen molar-refractivity contribution in [3.8, 4) is 0 Å². The zero-order valence-electron chi connectivity index (χ0n) is 13.7. The van der Waals surface area contributed by atoms with Crippen LogP contribution in [-0.2, 0) is 20.7 Å². The van der Waals surface area contributed by atoms with E-state index in [1.165, 1.54) is 0 Å². The molecule has 1 aromatic rings. The Labute approximate surface area is 131 Å². The molecule has 5 nitrogen and oxygen atoms in total. The fourth-order valence-corrected chi connectivity index (χ4v) is 2.86. The molecule has 0 aromatic heterocycles. The minimum Gasteiger partial charge on any atom is -0.372 e. The van der Waals surface area contributed by atoms with E-state index in [1.807, 2.05) is 45.9 Å². The Kier molecular flexibility index (Phi) is 5.19. The molecule has 22 heavy (non-hydrogen) atoms. The normalized spacial score (nSPS) is 21.5. The molecule has 5 heteroatoms. The van der Waals surface area contributed by atoms with Gasteiger partial charge < -0.3 is 15.0 Å². The molecule has 1 saturated heterocycles. The zero-order chi connectivity index (χ0) is 16.3. The van der Waals surface area contributed by atoms with Crippen molar-refractivity contribution in [3.63, 3.8) is 0 Å². The third-order valence-corrected chi connectivity index (χ3v) is 3.88. The maximum absolute atomic E-state index is 12.4. The predicted molar refractivity (Wildman–Crippen MR) is 85.8 cm³/mol. The van der Waals surface area contributed by atoms with Gasteiger partial charge in [0.25, 0.3) is 0 Å². The van der Waals surface area contributed by atoms with E-state index in [2.05, 4.69) is 5.32 Å². The van der Waals surface area contributed by atoms with E-state index in [0.29, 0.717) is 13.1 Å². The molecular weight excluding hydrogens is 280 g/mol. The van der Waals surface area contributed by atoms with Gasteiger partial charge in [0.1, 0.15) is 0 Å². The van der Waals surface area contributed by atoms with Crippen LogP contribution in [0.15, 0.2) is 18.2 Å². The summed E-state index contributed by atoms with van der Waals surface area (Å²) in [7, 11) is 0. The summed E-state index contributed by atoms with van der Waals surface area (Å²) in [5.41, 5.74) is 2.74. The van der Waals surface area contributed by atoms with Crippen molar-refractivity contribution in [2.24, 2.45) is 0 Å². The largest absolute Gasteiger partial charge is 0.372 e. The summed E-state index contributed by atoms with van der Waals surface area (Å²) in [6.45, 7) is 8.67. The lowest BCUT2D eigenvalue weighted by molar-refractivity contribution is -0.151. The smallest absolute Gasteiger partial charge is 0.313 e. The van der Waals surface area contributed by atoms with Gasteiger partial charge in [0, 0.05) is 18.8 Å². The van der Waals surface area contributed by atoms with Crippen molar-refractivity contribution < 1.29 is 14.3 Å². The van der Waals surface area contributed by atoms with Crippen LogP contribution in [-0.4, -0.2) is 42.0 Å². The van der Waals surface area contributed by atoms with Crippen molar-refractivity contribution in [2.75, 3.05) is 18.4 Å². The molecule has 1 aromatic carbocycles. The lowest BCUT2D eigenvalue weighted by atomic mass is 10.1. The first-order valence-corrected chi connectivity index (χ1v) is 7.76. The number of carbonyl (C=O) groups excluding carboxylic acids is 2. The molecule has 0 radical (unpaired) electrons. The number of aryl methyl sites for hydroxylation is 2. The molecule has 2 rings (SSSR count). The van der Waals surface area contributed by atoms with E-state index in [1.54, 1.807) is 4.90 Å². The number of rotatable bonds is 2. The number of nitrogens with zero attached hydrogens (tertiary/aromatic N) is 1. The van der Waals surface area contributed by atoms with Gasteiger partial charge >= 0.3 is 11.8 Å². The van der Waals surface area contributed by atoms with E-state index in [-0.39, 0.29) is 12.2 Å². The van der Waals surface area contributed by atoms with Crippen molar-refractivity contribution in [2.45, 2.75) is 46.3 Å². The summed E-state index contributed by atoms with van der Waals surface area (Å²) < 4.78 is 5.59. The molecule has 2 atom stereocenters. The molecule has 120 valence electrons. The van der Waals surface area contributed by atoms with Gasteiger partial charge in [0.15, 0.2) is 0 Å². The van der Waals surface area contributed by atoms with Crippen LogP contribution < -0.4 is 5.32 Å². The number of benzene rings is 1. The van der Waals surface area contributed by atoms with Crippen LogP contribution in [0.4, 0.5) is 5.69 Å². The lowest BCUT2D eigenvalue weighted by Gasteiger charge is -2.34. The fraction of sp³-hybridized carbons (Fsp3) is 0.529. The molecule has 2 amide bonds. The molecule has 0 saturated carbocycles. The lowest BCUT2D eigenvalue weighted by Crippen LogP contribution is -2.51. The third kappa shape index (κ3) is 3.65. The highest BCUT2D eigenvalue weighted by Crippen LogP contribution is 2.21. The molecule has 1 fully saturated rings. The van der Waals surface area contributed by atoms with Gasteiger partial charge in [-0.15, -0.1) is 0 Å². The molecule has 0 bridgehead atoms. The Morgan fingerprint density at radius 2 is 1.91 bits per heavy atom. The molecule has 0 aliphatic carbocycles. The Bertz CT molecular complexity index is 561. The highest BCUT2D eigenvalue weighted by atomic mass is 16.5. The van der Waals surface area contributed by atoms with Gasteiger partial charge in [-0.05, 0) is 38.3 Å². The first-order chi connectivity index (χ1) is 10.4. The average molecular weight is 304 g/mol. The van der Waals surface area contributed by atoms with E-state index in [0.717, 1.165) is 23.2 Å². The van der Waals surface area contributed by atoms with Crippen LogP contribution in [0, 0.1) is 6.92 Å². The fourth-order valence-electron chi connectivity index (χ4n) is 2.86. The Hall–Kier alpha value is -1.88. The number of morpholine rings is 1. The van der Waals surface area contributed by atoms with Crippen LogP contribution in [0.2, 0.25) is 0 Å². The molecule has 1 heterocycles. The van der Waals surface area contributed by atoms with E-state index < -0.39 is 11.8 Å². The number of nitrogens with one attached hydrogen (secondary N) is 1. The standard InChI is InChI=1S/C17H24N2O3/c1-5-14-8-6-7-11(2)15(14)18-16(20)17(21)19-9-12(3)22-13(4)10-19/h6-8,12-13H,5,9-10H2,1-4H3,(H,18,20). The maximum atomic E-state index is 12.4. The van der Waals surface area contributed by atoms with Crippen molar-refractivity contribution in [1.82, 2.24) is 4.90 Å². The van der Waals surface area contributed by atoms with Gasteiger partial charge in [0.2, 0.25) is 0 Å². The van der Waals surface area contributed by atoms with Crippen molar-refractivity contribution in [1.29, 1.82) is 0 Å². The summed E-state index contributed by atoms with van der Waals surface area (Å²) in [6.07, 6.45) is 0.701. The third-order valence-electron chi connectivity index (χ3n) is 3.88. The zero-order valence-corrected chi connectivity index (χ0v) is 13.7. The number of para-hydroxylation sites is 1. The Balaban J connectivity index is 2.11. The predicted octanol–water partition coefficient (Wildman–Crippen LogP) is 2.13. The number of hydrogen-bond acceptors (Lipinski definition) is 3. The van der Waals surface area contributed by atoms with Crippen LogP contribution >= 0.6 is 0 Å². The number of hydrogen-bond donors (Lipinski definition) is 1. The monoisotopic (exact) mass is 304 g/mol. The molecule has 0 spiro atoms. The minimum absolute atomic E-state index is 0.0508. The number of ether oxygens (including phenoxy) is 1. The minimum atomic E-state index is -0.578. The molecule has 1 aliphatic rings. The first-order valence-electron chi connectivity index (χ1n) is 7.76. The molecule has 1 N–H and O–H groups in total. The van der Waals surface area contributed by atoms with E-state index in [9.17, 15) is 9.59 Å². The SMILES string of the molecule is CCc1cccc(C)c1NC(=O)C(=O)N1CC(C)OC(C)C1. The molecule has 1 aliphatic heterocycles. The van der Waals surface area contributed by atoms with E-state index in [4.69, 9.17) is 4.74 Å². The number of carbonyl (C=O) groups is 2. The summed E-state index contributed by atoms with van der Waals surface area (Å²) in [5, 5.41) is 2.79. The maximum Gasteiger partial charge on any atom is 0.313 e. The summed E-state index contributed by atoms with van der Waals surface area (Å²) in [4.78, 5) is 26.2. The summed E-state index contributed by atoms with van der Waals surface area (Å²) in [6, 6.07) is 5.85. The van der Waals surface area contributed by atoms with Gasteiger partial charge in [-0.25, -0.2) is 0 Å². The average Bonchev–Trinajstić information content (AvgIpc) is 2.47. The topological polar surface area (TPSA) is 58.6 Å². The number of amides is 2. The highest BCUT2D eigenvalue weighted by Gasteiger charge is 2.30. The second kappa shape index (κ2) is 6.92. The van der Waals surface area contributed by atoms with Crippen LogP contribution in [0.5, 0.6) is 0 Å². The van der Waals surface area contributed by atoms with Gasteiger partial charge in [-0.3, -0.25) is 9.59 Å². The van der Waals surface area contributed by atoms with Gasteiger partial charge in [-0.2, -0.15) is 0 Å². The van der Waals surface area contributed by atoms with Crippen LogP contribution in [0.3, 0.4) is 0 Å². The second-order valence-corrected chi connectivity index (χ2v) is 5.88. The molecular formula is C17H24N2O3. The quantitative estimate of drug-likeness (QED) is 0.852. The summed E-state index contributed by atoms with van der Waals surface area (Å²) in [5.74, 6) is -1.07. The van der Waals surface area contributed by atoms with Crippen LogP contribution in [0.25, 0.3) is 0 Å². The summed E-state index contributed by atoms with van der Waals surface area (Å²) >= 11 is 0. The molecule has 2 unspecified atom stereocenters. The Morgan fingerprint density at radius 1 is 1.27 bits per heavy atom. The van der Waals surface area contributed by atoms with E-state index >= 15 is 0 Å². The second-order valence-electron chi connectivity index (χ2n) is 5.88. The van der Waals surface area contributed by atoms with Gasteiger partial charge in [0.05, 0.1) is 12.2 Å². The van der Waals surface area contributed by atoms with Crippen molar-refractivity contribution in [3.05, 3.63) is 29.3 Å². The van der Waals surface area contributed by atoms with Crippen LogP contribution in [0.1, 0.15) is 31.9 Å². The Morgan fingerprint density at radius 3 is 2.50 bits per heavy atom. The first kappa shape index (κ1) is 16.5. The van der Waals surface area contributed by atoms with Gasteiger partial charge in [-0.1, -0.05) is 25.1 Å². The van der Waals surface area contributed by atoms with Crippen molar-refractivity contribution >= 4 is 17.5 Å². The number of anilines is 1.